The highest BCUT2D eigenvalue weighted by Gasteiger charge is 2.15. The first-order valence-electron chi connectivity index (χ1n) is 8.49. The lowest BCUT2D eigenvalue weighted by Gasteiger charge is -2.11. The van der Waals surface area contributed by atoms with Gasteiger partial charge >= 0.3 is 0 Å². The van der Waals surface area contributed by atoms with Gasteiger partial charge in [0.05, 0.1) is 17.1 Å². The topological polar surface area (TPSA) is 81.2 Å². The predicted octanol–water partition coefficient (Wildman–Crippen LogP) is 2.20. The average molecular weight is 360 g/mol. The zero-order chi connectivity index (χ0) is 19.6. The average Bonchev–Trinajstić information content (AvgIpc) is 3.05. The van der Waals surface area contributed by atoms with Crippen LogP contribution < -0.4 is 5.73 Å². The smallest absolute Gasteiger partial charge is 0.269 e. The molecule has 0 bridgehead atoms. The van der Waals surface area contributed by atoms with Crippen molar-refractivity contribution in [3.05, 3.63) is 59.8 Å². The number of aromatic nitrogens is 2. The number of nitrogens with two attached hydrogens (primary N) is 1. The molecule has 0 saturated carbocycles. The minimum Gasteiger partial charge on any atom is -0.364 e. The summed E-state index contributed by atoms with van der Waals surface area (Å²) in [5.41, 5.74) is 7.99. The maximum atomic E-state index is 11.9. The number of fused-ring (bicyclic) bond motifs is 1. The normalized spacial score (nSPS) is 11.5. The summed E-state index contributed by atoms with van der Waals surface area (Å²) < 4.78 is 1.68. The number of amides is 2. The second-order valence-electron chi connectivity index (χ2n) is 6.42. The van der Waals surface area contributed by atoms with Crippen LogP contribution in [0.15, 0.2) is 48.5 Å². The van der Waals surface area contributed by atoms with E-state index in [0.717, 1.165) is 16.8 Å². The molecule has 0 aliphatic heterocycles. The van der Waals surface area contributed by atoms with Gasteiger partial charge in [-0.2, -0.15) is 5.10 Å². The Morgan fingerprint density at radius 2 is 1.89 bits per heavy atom. The van der Waals surface area contributed by atoms with Crippen LogP contribution in [0.4, 0.5) is 0 Å². The van der Waals surface area contributed by atoms with Crippen LogP contribution >= 0.6 is 0 Å². The summed E-state index contributed by atoms with van der Waals surface area (Å²) in [6.07, 6.45) is 0. The maximum absolute atomic E-state index is 11.9. The van der Waals surface area contributed by atoms with Crippen LogP contribution in [0.25, 0.3) is 16.6 Å². The molecule has 6 heteroatoms. The standard InChI is InChI=1S/C21H20N4O2/c1-14(21(27)24(2)3)11-12-15-7-6-8-16(13-15)25-18-10-5-4-9-17(18)19(23-25)20(22)26/h4-10,13-14H,1-3H3,(H2,22,26). The molecule has 2 amide bonds. The fourth-order valence-corrected chi connectivity index (χ4v) is 2.80. The van der Waals surface area contributed by atoms with Gasteiger partial charge in [-0.25, -0.2) is 4.68 Å². The summed E-state index contributed by atoms with van der Waals surface area (Å²) >= 11 is 0. The van der Waals surface area contributed by atoms with E-state index in [-0.39, 0.29) is 11.6 Å². The highest BCUT2D eigenvalue weighted by Crippen LogP contribution is 2.22. The van der Waals surface area contributed by atoms with Crippen molar-refractivity contribution in [3.8, 4) is 17.5 Å². The summed E-state index contributed by atoms with van der Waals surface area (Å²) in [5, 5.41) is 5.08. The van der Waals surface area contributed by atoms with Crippen LogP contribution in [-0.4, -0.2) is 40.6 Å². The van der Waals surface area contributed by atoms with Crippen molar-refractivity contribution >= 4 is 22.7 Å². The first kappa shape index (κ1) is 18.2. The summed E-state index contributed by atoms with van der Waals surface area (Å²) in [6, 6.07) is 14.9. The van der Waals surface area contributed by atoms with E-state index in [4.69, 9.17) is 5.73 Å². The highest BCUT2D eigenvalue weighted by atomic mass is 16.2. The quantitative estimate of drug-likeness (QED) is 0.727. The van der Waals surface area contributed by atoms with Gasteiger partial charge in [-0.15, -0.1) is 0 Å². The van der Waals surface area contributed by atoms with Crippen molar-refractivity contribution in [1.29, 1.82) is 0 Å². The largest absolute Gasteiger partial charge is 0.364 e. The molecule has 1 unspecified atom stereocenters. The Morgan fingerprint density at radius 1 is 1.15 bits per heavy atom. The van der Waals surface area contributed by atoms with Crippen LogP contribution in [-0.2, 0) is 4.79 Å². The molecule has 0 radical (unpaired) electrons. The second kappa shape index (κ2) is 7.34. The molecule has 3 aromatic rings. The molecular formula is C21H20N4O2. The Morgan fingerprint density at radius 3 is 2.59 bits per heavy atom. The van der Waals surface area contributed by atoms with Crippen molar-refractivity contribution in [2.24, 2.45) is 11.7 Å². The summed E-state index contributed by atoms with van der Waals surface area (Å²) in [6.45, 7) is 1.78. The van der Waals surface area contributed by atoms with Crippen molar-refractivity contribution < 1.29 is 9.59 Å². The van der Waals surface area contributed by atoms with Crippen LogP contribution in [0.3, 0.4) is 0 Å². The molecule has 27 heavy (non-hydrogen) atoms. The molecular weight excluding hydrogens is 340 g/mol. The van der Waals surface area contributed by atoms with Gasteiger partial charge in [0.1, 0.15) is 0 Å². The third-order valence-electron chi connectivity index (χ3n) is 4.16. The van der Waals surface area contributed by atoms with E-state index in [1.807, 2.05) is 48.5 Å². The number of hydrogen-bond donors (Lipinski definition) is 1. The highest BCUT2D eigenvalue weighted by molar-refractivity contribution is 6.04. The van der Waals surface area contributed by atoms with Crippen LogP contribution in [0.1, 0.15) is 23.0 Å². The van der Waals surface area contributed by atoms with E-state index in [1.165, 1.54) is 4.90 Å². The van der Waals surface area contributed by atoms with Gasteiger partial charge in [0, 0.05) is 25.0 Å². The number of primary amides is 1. The third kappa shape index (κ3) is 3.67. The monoisotopic (exact) mass is 360 g/mol. The van der Waals surface area contributed by atoms with E-state index in [2.05, 4.69) is 16.9 Å². The zero-order valence-electron chi connectivity index (χ0n) is 15.4. The van der Waals surface area contributed by atoms with Gasteiger partial charge in [-0.1, -0.05) is 36.1 Å². The number of benzene rings is 2. The SMILES string of the molecule is CC(C#Cc1cccc(-n2nc(C(N)=O)c3ccccc32)c1)C(=O)N(C)C. The Balaban J connectivity index is 2.02. The van der Waals surface area contributed by atoms with Crippen LogP contribution in [0.2, 0.25) is 0 Å². The lowest BCUT2D eigenvalue weighted by molar-refractivity contribution is -0.130. The first-order valence-corrected chi connectivity index (χ1v) is 8.49. The van der Waals surface area contributed by atoms with Gasteiger partial charge in [0.25, 0.3) is 5.91 Å². The number of hydrogen-bond acceptors (Lipinski definition) is 3. The molecule has 3 rings (SSSR count). The number of nitrogens with zero attached hydrogens (tertiary/aromatic N) is 3. The van der Waals surface area contributed by atoms with E-state index in [0.29, 0.717) is 5.39 Å². The second-order valence-corrected chi connectivity index (χ2v) is 6.42. The van der Waals surface area contributed by atoms with Gasteiger partial charge < -0.3 is 10.6 Å². The van der Waals surface area contributed by atoms with Gasteiger partial charge in [0.2, 0.25) is 5.91 Å². The molecule has 136 valence electrons. The molecule has 2 aromatic carbocycles. The fraction of sp³-hybridized carbons (Fsp3) is 0.190. The van der Waals surface area contributed by atoms with E-state index < -0.39 is 11.8 Å². The predicted molar refractivity (Wildman–Crippen MR) is 104 cm³/mol. The molecule has 0 aliphatic rings. The molecule has 0 aliphatic carbocycles. The van der Waals surface area contributed by atoms with Crippen molar-refractivity contribution in [3.63, 3.8) is 0 Å². The van der Waals surface area contributed by atoms with E-state index in [1.54, 1.807) is 25.7 Å². The third-order valence-corrected chi connectivity index (χ3v) is 4.16. The fourth-order valence-electron chi connectivity index (χ4n) is 2.80. The minimum atomic E-state index is -0.572. The van der Waals surface area contributed by atoms with E-state index in [9.17, 15) is 9.59 Å². The summed E-state index contributed by atoms with van der Waals surface area (Å²) in [4.78, 5) is 25.2. The number of rotatable bonds is 3. The van der Waals surface area contributed by atoms with E-state index >= 15 is 0 Å². The van der Waals surface area contributed by atoms with Crippen LogP contribution in [0, 0.1) is 17.8 Å². The number of carbonyl (C=O) groups is 2. The van der Waals surface area contributed by atoms with Gasteiger partial charge in [-0.05, 0) is 31.2 Å². The molecule has 1 heterocycles. The first-order chi connectivity index (χ1) is 12.9. The molecule has 2 N–H and O–H groups in total. The molecule has 1 atom stereocenters. The lowest BCUT2D eigenvalue weighted by Crippen LogP contribution is -2.27. The zero-order valence-corrected chi connectivity index (χ0v) is 15.4. The van der Waals surface area contributed by atoms with Gasteiger partial charge in [-0.3, -0.25) is 9.59 Å². The lowest BCUT2D eigenvalue weighted by atomic mass is 10.1. The Bertz CT molecular complexity index is 1090. The van der Waals surface area contributed by atoms with Crippen LogP contribution in [0.5, 0.6) is 0 Å². The minimum absolute atomic E-state index is 0.0391. The molecule has 6 nitrogen and oxygen atoms in total. The molecule has 0 spiro atoms. The molecule has 0 saturated heterocycles. The Labute approximate surface area is 157 Å². The molecule has 0 fully saturated rings. The summed E-state index contributed by atoms with van der Waals surface area (Å²) in [5.74, 6) is 5.01. The Hall–Kier alpha value is -3.59. The van der Waals surface area contributed by atoms with Crippen molar-refractivity contribution in [1.82, 2.24) is 14.7 Å². The number of para-hydroxylation sites is 1. The van der Waals surface area contributed by atoms with Gasteiger partial charge in [0.15, 0.2) is 5.69 Å². The van der Waals surface area contributed by atoms with Crippen molar-refractivity contribution in [2.75, 3.05) is 14.1 Å². The Kier molecular flexibility index (Phi) is 4.95. The summed E-state index contributed by atoms with van der Waals surface area (Å²) in [7, 11) is 3.42. The number of carbonyl (C=O) groups excluding carboxylic acids is 2. The van der Waals surface area contributed by atoms with Crippen molar-refractivity contribution in [2.45, 2.75) is 6.92 Å². The molecule has 1 aromatic heterocycles. The maximum Gasteiger partial charge on any atom is 0.269 e.